The van der Waals surface area contributed by atoms with Crippen molar-refractivity contribution in [1.82, 2.24) is 15.3 Å². The molecule has 23 heavy (non-hydrogen) atoms. The van der Waals surface area contributed by atoms with Gasteiger partial charge in [-0.15, -0.1) is 0 Å². The zero-order chi connectivity index (χ0) is 15.8. The molecule has 2 N–H and O–H groups in total. The fraction of sp³-hybridized carbons (Fsp3) is 0.222. The van der Waals surface area contributed by atoms with Gasteiger partial charge in [0.2, 0.25) is 0 Å². The Kier molecular flexibility index (Phi) is 3.26. The monoisotopic (exact) mass is 307 g/mol. The van der Waals surface area contributed by atoms with E-state index in [0.717, 1.165) is 22.3 Å². The molecule has 0 radical (unpaired) electrons. The molecular weight excluding hydrogens is 290 g/mol. The first-order valence-electron chi connectivity index (χ1n) is 7.68. The molecule has 0 unspecified atom stereocenters. The molecule has 1 aliphatic rings. The van der Waals surface area contributed by atoms with Crippen LogP contribution < -0.4 is 10.1 Å². The first-order chi connectivity index (χ1) is 11.2. The Morgan fingerprint density at radius 2 is 2.22 bits per heavy atom. The van der Waals surface area contributed by atoms with Gasteiger partial charge < -0.3 is 15.0 Å². The summed E-state index contributed by atoms with van der Waals surface area (Å²) in [5.41, 5.74) is 3.50. The number of imidazole rings is 1. The van der Waals surface area contributed by atoms with Crippen LogP contribution in [-0.2, 0) is 0 Å². The second-order valence-electron chi connectivity index (χ2n) is 5.85. The number of nitrogens with one attached hydrogen (secondary N) is 2. The Labute approximate surface area is 133 Å². The summed E-state index contributed by atoms with van der Waals surface area (Å²) in [4.78, 5) is 19.7. The highest BCUT2D eigenvalue weighted by atomic mass is 16.5. The van der Waals surface area contributed by atoms with E-state index in [0.29, 0.717) is 12.2 Å². The third kappa shape index (κ3) is 2.44. The quantitative estimate of drug-likeness (QED) is 0.782. The molecule has 2 heterocycles. The molecule has 5 nitrogen and oxygen atoms in total. The molecule has 1 aromatic heterocycles. The van der Waals surface area contributed by atoms with E-state index < -0.39 is 0 Å². The summed E-state index contributed by atoms with van der Waals surface area (Å²) in [6.07, 6.45) is 1.63. The third-order valence-electron chi connectivity index (χ3n) is 4.38. The summed E-state index contributed by atoms with van der Waals surface area (Å²) in [6.45, 7) is 2.61. The van der Waals surface area contributed by atoms with E-state index in [-0.39, 0.29) is 17.9 Å². The molecule has 2 aromatic carbocycles. The van der Waals surface area contributed by atoms with Crippen LogP contribution in [0.15, 0.2) is 48.8 Å². The number of aromatic nitrogens is 2. The number of ether oxygens (including phenoxy) is 1. The molecule has 0 fully saturated rings. The van der Waals surface area contributed by atoms with Crippen molar-refractivity contribution in [3.63, 3.8) is 0 Å². The number of fused-ring (bicyclic) bond motifs is 2. The molecule has 0 spiro atoms. The zero-order valence-corrected chi connectivity index (χ0v) is 12.7. The molecule has 116 valence electrons. The lowest BCUT2D eigenvalue weighted by Crippen LogP contribution is -2.37. The fourth-order valence-corrected chi connectivity index (χ4v) is 3.07. The average molecular weight is 307 g/mol. The van der Waals surface area contributed by atoms with Crippen molar-refractivity contribution in [2.75, 3.05) is 6.61 Å². The minimum Gasteiger partial charge on any atom is -0.493 e. The van der Waals surface area contributed by atoms with Gasteiger partial charge in [-0.1, -0.05) is 18.2 Å². The van der Waals surface area contributed by atoms with E-state index in [1.54, 1.807) is 12.4 Å². The molecule has 3 aromatic rings. The highest BCUT2D eigenvalue weighted by Crippen LogP contribution is 2.35. The minimum atomic E-state index is -0.0848. The Balaban J connectivity index is 1.52. The van der Waals surface area contributed by atoms with Crippen LogP contribution in [0.25, 0.3) is 11.0 Å². The number of carbonyl (C=O) groups is 1. The number of benzene rings is 2. The number of H-pyrrole nitrogens is 1. The zero-order valence-electron chi connectivity index (χ0n) is 12.7. The summed E-state index contributed by atoms with van der Waals surface area (Å²) in [6, 6.07) is 13.4. The summed E-state index contributed by atoms with van der Waals surface area (Å²) in [5, 5.41) is 3.08. The maximum Gasteiger partial charge on any atom is 0.251 e. The fourth-order valence-electron chi connectivity index (χ4n) is 3.07. The standard InChI is InChI=1S/C18H17N3O2/c1-11(14-9-23-17-5-3-2-4-13(14)17)21-18(22)12-6-7-15-16(8-12)20-10-19-15/h2-8,10-11,14H,9H2,1H3,(H,19,20)(H,21,22)/t11-,14-/m0/s1. The maximum atomic E-state index is 12.5. The van der Waals surface area contributed by atoms with Gasteiger partial charge in [0.15, 0.2) is 0 Å². The largest absolute Gasteiger partial charge is 0.493 e. The number of nitrogens with zero attached hydrogens (tertiary/aromatic N) is 1. The number of para-hydroxylation sites is 1. The van der Waals surface area contributed by atoms with E-state index in [1.165, 1.54) is 0 Å². The molecule has 0 saturated carbocycles. The molecule has 0 aliphatic carbocycles. The van der Waals surface area contributed by atoms with Crippen LogP contribution in [0.2, 0.25) is 0 Å². The van der Waals surface area contributed by atoms with Crippen LogP contribution in [0, 0.1) is 0 Å². The molecule has 5 heteroatoms. The van der Waals surface area contributed by atoms with Crippen molar-refractivity contribution in [1.29, 1.82) is 0 Å². The van der Waals surface area contributed by atoms with E-state index >= 15 is 0 Å². The number of aromatic amines is 1. The molecule has 4 rings (SSSR count). The Morgan fingerprint density at radius 3 is 3.13 bits per heavy atom. The van der Waals surface area contributed by atoms with Gasteiger partial charge in [-0.25, -0.2) is 4.98 Å². The van der Waals surface area contributed by atoms with Crippen LogP contribution in [0.1, 0.15) is 28.8 Å². The summed E-state index contributed by atoms with van der Waals surface area (Å²) in [7, 11) is 0. The van der Waals surface area contributed by atoms with Gasteiger partial charge in [0, 0.05) is 23.1 Å². The topological polar surface area (TPSA) is 67.0 Å². The summed E-state index contributed by atoms with van der Waals surface area (Å²) >= 11 is 0. The van der Waals surface area contributed by atoms with Crippen molar-refractivity contribution < 1.29 is 9.53 Å². The van der Waals surface area contributed by atoms with Gasteiger partial charge >= 0.3 is 0 Å². The second kappa shape index (κ2) is 5.43. The summed E-state index contributed by atoms with van der Waals surface area (Å²) < 4.78 is 5.70. The van der Waals surface area contributed by atoms with Gasteiger partial charge in [0.1, 0.15) is 5.75 Å². The van der Waals surface area contributed by atoms with Gasteiger partial charge in [-0.2, -0.15) is 0 Å². The Hall–Kier alpha value is -2.82. The van der Waals surface area contributed by atoms with Crippen LogP contribution in [-0.4, -0.2) is 28.5 Å². The third-order valence-corrected chi connectivity index (χ3v) is 4.38. The lowest BCUT2D eigenvalue weighted by molar-refractivity contribution is 0.0932. The van der Waals surface area contributed by atoms with Gasteiger partial charge in [0.05, 0.1) is 24.0 Å². The lowest BCUT2D eigenvalue weighted by Gasteiger charge is -2.20. The normalized spacial score (nSPS) is 17.5. The maximum absolute atomic E-state index is 12.5. The van der Waals surface area contributed by atoms with Crippen LogP contribution in [0.4, 0.5) is 0 Å². The van der Waals surface area contributed by atoms with Gasteiger partial charge in [-0.05, 0) is 31.2 Å². The van der Waals surface area contributed by atoms with Crippen molar-refractivity contribution in [3.05, 3.63) is 59.9 Å². The molecule has 0 bridgehead atoms. The number of hydrogen-bond donors (Lipinski definition) is 2. The van der Waals surface area contributed by atoms with Gasteiger partial charge in [0.25, 0.3) is 5.91 Å². The molecular formula is C18H17N3O2. The predicted molar refractivity (Wildman–Crippen MR) is 87.7 cm³/mol. The second-order valence-corrected chi connectivity index (χ2v) is 5.85. The molecule has 0 saturated heterocycles. The highest BCUT2D eigenvalue weighted by Gasteiger charge is 2.29. The Morgan fingerprint density at radius 1 is 1.35 bits per heavy atom. The lowest BCUT2D eigenvalue weighted by atomic mass is 9.94. The van der Waals surface area contributed by atoms with E-state index in [4.69, 9.17) is 4.74 Å². The van der Waals surface area contributed by atoms with Crippen molar-refractivity contribution >= 4 is 16.9 Å². The van der Waals surface area contributed by atoms with Gasteiger partial charge in [-0.3, -0.25) is 4.79 Å². The molecule has 2 atom stereocenters. The summed E-state index contributed by atoms with van der Waals surface area (Å²) in [5.74, 6) is 1.00. The van der Waals surface area contributed by atoms with Crippen molar-refractivity contribution in [2.45, 2.75) is 18.9 Å². The first-order valence-corrected chi connectivity index (χ1v) is 7.68. The van der Waals surface area contributed by atoms with Crippen molar-refractivity contribution in [3.8, 4) is 5.75 Å². The van der Waals surface area contributed by atoms with E-state index in [2.05, 4.69) is 21.4 Å². The number of amides is 1. The minimum absolute atomic E-state index is 0.0105. The molecule has 1 aliphatic heterocycles. The Bertz CT molecular complexity index is 871. The number of hydrogen-bond acceptors (Lipinski definition) is 3. The van der Waals surface area contributed by atoms with E-state index in [9.17, 15) is 4.79 Å². The predicted octanol–water partition coefficient (Wildman–Crippen LogP) is 2.86. The smallest absolute Gasteiger partial charge is 0.251 e. The first kappa shape index (κ1) is 13.8. The number of rotatable bonds is 3. The molecule has 1 amide bonds. The number of carbonyl (C=O) groups excluding carboxylic acids is 1. The van der Waals surface area contributed by atoms with Crippen LogP contribution in [0.3, 0.4) is 0 Å². The highest BCUT2D eigenvalue weighted by molar-refractivity contribution is 5.97. The SMILES string of the molecule is C[C@H](NC(=O)c1ccc2nc[nH]c2c1)[C@@H]1COc2ccccc21. The van der Waals surface area contributed by atoms with Crippen LogP contribution in [0.5, 0.6) is 5.75 Å². The van der Waals surface area contributed by atoms with Crippen LogP contribution >= 0.6 is 0 Å². The van der Waals surface area contributed by atoms with E-state index in [1.807, 2.05) is 37.3 Å². The van der Waals surface area contributed by atoms with Crippen molar-refractivity contribution in [2.24, 2.45) is 0 Å². The average Bonchev–Trinajstić information content (AvgIpc) is 3.20.